The Morgan fingerprint density at radius 1 is 0.733 bits per heavy atom. The van der Waals surface area contributed by atoms with Crippen LogP contribution in [0.15, 0.2) is 35.3 Å². The van der Waals surface area contributed by atoms with E-state index < -0.39 is 138 Å². The third-order valence-corrected chi connectivity index (χ3v) is 13.1. The van der Waals surface area contributed by atoms with Gasteiger partial charge < -0.3 is 74.6 Å². The van der Waals surface area contributed by atoms with Crippen molar-refractivity contribution < 1.29 is 63.3 Å². The maximum absolute atomic E-state index is 14.2. The van der Waals surface area contributed by atoms with Gasteiger partial charge in [0.15, 0.2) is 5.96 Å². The van der Waals surface area contributed by atoms with Crippen LogP contribution in [0.5, 0.6) is 0 Å². The second-order valence-corrected chi connectivity index (χ2v) is 20.2. The molecule has 0 spiro atoms. The Bertz CT molecular complexity index is 2130. The van der Waals surface area contributed by atoms with Crippen molar-refractivity contribution in [1.82, 2.24) is 42.1 Å². The lowest BCUT2D eigenvalue weighted by molar-refractivity contribution is -0.143. The molecule has 1 aromatic carbocycles. The molecule has 0 aliphatic carbocycles. The number of guanidine groups is 1. The first-order valence-electron chi connectivity index (χ1n) is 25.2. The van der Waals surface area contributed by atoms with E-state index in [2.05, 4.69) is 42.2 Å². The first kappa shape index (κ1) is 64.6. The molecule has 0 saturated carbocycles. The number of aliphatic carboxylic acids is 2. The summed E-state index contributed by atoms with van der Waals surface area (Å²) in [5, 5.41) is 47.5. The van der Waals surface area contributed by atoms with Crippen LogP contribution in [0.25, 0.3) is 0 Å². The van der Waals surface area contributed by atoms with Gasteiger partial charge >= 0.3 is 11.9 Å². The number of nitrogens with zero attached hydrogens (tertiary/aromatic N) is 2. The Morgan fingerprint density at radius 3 is 1.87 bits per heavy atom. The molecule has 16 N–H and O–H groups in total. The molecular formula is C49H80N12O13S. The molecule has 75 heavy (non-hydrogen) atoms. The number of aliphatic hydroxyl groups excluding tert-OH is 1. The van der Waals surface area contributed by atoms with Crippen LogP contribution in [-0.2, 0) is 54.4 Å². The molecule has 0 bridgehead atoms. The number of rotatable bonds is 33. The van der Waals surface area contributed by atoms with E-state index in [1.165, 1.54) is 30.5 Å². The first-order chi connectivity index (χ1) is 35.3. The summed E-state index contributed by atoms with van der Waals surface area (Å²) in [5.41, 5.74) is 17.8. The smallest absolute Gasteiger partial charge is 0.326 e. The zero-order valence-corrected chi connectivity index (χ0v) is 44.8. The number of hydrogen-bond acceptors (Lipinski definition) is 14. The summed E-state index contributed by atoms with van der Waals surface area (Å²) in [5.74, 6) is -9.47. The van der Waals surface area contributed by atoms with E-state index in [0.717, 1.165) is 0 Å². The number of hydrogen-bond donors (Lipinski definition) is 13. The summed E-state index contributed by atoms with van der Waals surface area (Å²) >= 11 is 1.38. The van der Waals surface area contributed by atoms with Gasteiger partial charge in [-0.25, -0.2) is 4.79 Å². The van der Waals surface area contributed by atoms with Crippen LogP contribution in [0.3, 0.4) is 0 Å². The van der Waals surface area contributed by atoms with Crippen molar-refractivity contribution in [3.63, 3.8) is 0 Å². The van der Waals surface area contributed by atoms with Crippen LogP contribution in [0.2, 0.25) is 0 Å². The molecule has 0 aromatic heterocycles. The van der Waals surface area contributed by atoms with Crippen molar-refractivity contribution in [2.45, 2.75) is 166 Å². The number of aliphatic hydroxyl groups is 1. The van der Waals surface area contributed by atoms with Crippen LogP contribution in [0.1, 0.15) is 105 Å². The highest BCUT2D eigenvalue weighted by Crippen LogP contribution is 2.21. The molecule has 8 amide bonds. The van der Waals surface area contributed by atoms with E-state index in [1.807, 2.05) is 13.8 Å². The van der Waals surface area contributed by atoms with Gasteiger partial charge in [-0.2, -0.15) is 11.8 Å². The normalized spacial score (nSPS) is 17.2. The molecule has 1 fully saturated rings. The zero-order chi connectivity index (χ0) is 56.5. The molecule has 0 radical (unpaired) electrons. The predicted octanol–water partition coefficient (Wildman–Crippen LogP) is -1.81. The largest absolute Gasteiger partial charge is 0.481 e. The molecule has 0 unspecified atom stereocenters. The first-order valence-corrected chi connectivity index (χ1v) is 26.6. The fraction of sp³-hybridized carbons (Fsp3) is 0.653. The minimum atomic E-state index is -1.68. The molecule has 420 valence electrons. The molecule has 2 rings (SSSR count). The summed E-state index contributed by atoms with van der Waals surface area (Å²) in [4.78, 5) is 139. The van der Waals surface area contributed by atoms with Gasteiger partial charge in [0.2, 0.25) is 47.3 Å². The molecule has 26 heteroatoms. The van der Waals surface area contributed by atoms with E-state index in [1.54, 1.807) is 50.4 Å². The lowest BCUT2D eigenvalue weighted by Gasteiger charge is -2.30. The standard InChI is InChI=1S/C49H80N12O13S/c1-8-27(4)38(45(70)57-34(48(73)74)20-23-75-7)59-46(71)39(29(6)62)60-40(65)28(5)54-41(66)32(16-12-21-53-49(51)52)55-42(67)33(18-19-37(63)64)56-43(68)35(25-30-14-10-9-11-15-30)58-44(69)36-17-13-22-61(36)47(72)31(50)24-26(2)3/h9-11,14-15,26-29,31-36,38-39,62H,8,12-13,16-25,50H2,1-7H3,(H,54,66)(H,55,67)(H,56,68)(H,57,70)(H,58,69)(H,59,71)(H,60,65)(H,63,64)(H,73,74)(H4,51,52,53)/t27-,28-,29+,31-,32-,33-,34-,35-,36-,38-,39-/m0/s1. The predicted molar refractivity (Wildman–Crippen MR) is 280 cm³/mol. The zero-order valence-electron chi connectivity index (χ0n) is 44.0. The summed E-state index contributed by atoms with van der Waals surface area (Å²) in [6.45, 7) is 9.93. The van der Waals surface area contributed by atoms with Crippen molar-refractivity contribution in [3.8, 4) is 0 Å². The second kappa shape index (κ2) is 32.7. The number of aliphatic imine (C=N–C) groups is 1. The Hall–Kier alpha value is -6.54. The number of benzene rings is 1. The number of carbonyl (C=O) groups is 10. The van der Waals surface area contributed by atoms with Crippen LogP contribution < -0.4 is 54.4 Å². The van der Waals surface area contributed by atoms with Crippen LogP contribution >= 0.6 is 11.8 Å². The van der Waals surface area contributed by atoms with E-state index in [-0.39, 0.29) is 50.7 Å². The summed E-state index contributed by atoms with van der Waals surface area (Å²) in [7, 11) is 0. The average molecular weight is 1080 g/mol. The lowest BCUT2D eigenvalue weighted by atomic mass is 9.97. The van der Waals surface area contributed by atoms with Crippen molar-refractivity contribution in [2.75, 3.05) is 25.1 Å². The van der Waals surface area contributed by atoms with Gasteiger partial charge in [0.05, 0.1) is 12.1 Å². The third kappa shape index (κ3) is 22.5. The number of nitrogens with one attached hydrogen (secondary N) is 7. The minimum absolute atomic E-state index is 0.0125. The van der Waals surface area contributed by atoms with Crippen molar-refractivity contribution >= 4 is 76.9 Å². The lowest BCUT2D eigenvalue weighted by Crippen LogP contribution is -2.62. The van der Waals surface area contributed by atoms with Gasteiger partial charge in [-0.3, -0.25) is 48.1 Å². The number of thioether (sulfide) groups is 1. The molecule has 25 nitrogen and oxygen atoms in total. The highest BCUT2D eigenvalue weighted by Gasteiger charge is 2.39. The Morgan fingerprint density at radius 2 is 1.31 bits per heavy atom. The number of nitrogens with two attached hydrogens (primary N) is 3. The summed E-state index contributed by atoms with van der Waals surface area (Å²) < 4.78 is 0. The maximum atomic E-state index is 14.2. The second-order valence-electron chi connectivity index (χ2n) is 19.2. The number of amides is 8. The molecule has 1 heterocycles. The summed E-state index contributed by atoms with van der Waals surface area (Å²) in [6, 6.07) is -3.25. The van der Waals surface area contributed by atoms with Gasteiger partial charge in [0, 0.05) is 25.9 Å². The Kier molecular flexibility index (Phi) is 28.2. The Balaban J connectivity index is 2.38. The maximum Gasteiger partial charge on any atom is 0.326 e. The molecule has 1 aliphatic heterocycles. The fourth-order valence-electron chi connectivity index (χ4n) is 8.07. The summed E-state index contributed by atoms with van der Waals surface area (Å²) in [6.07, 6.45) is 0.654. The molecule has 1 aromatic rings. The van der Waals surface area contributed by atoms with Crippen LogP contribution in [0, 0.1) is 11.8 Å². The van der Waals surface area contributed by atoms with E-state index in [9.17, 15) is 63.3 Å². The minimum Gasteiger partial charge on any atom is -0.481 e. The van der Waals surface area contributed by atoms with E-state index >= 15 is 0 Å². The topological polar surface area (TPSA) is 409 Å². The van der Waals surface area contributed by atoms with Crippen molar-refractivity contribution in [1.29, 1.82) is 0 Å². The number of carboxylic acid groups (broad SMARTS) is 2. The monoisotopic (exact) mass is 1080 g/mol. The molecular weight excluding hydrogens is 997 g/mol. The number of carbonyl (C=O) groups excluding carboxylic acids is 8. The van der Waals surface area contributed by atoms with Gasteiger partial charge in [-0.15, -0.1) is 0 Å². The SMILES string of the molecule is CC[C@H](C)[C@H](NC(=O)[C@@H](NC(=O)[C@H](C)NC(=O)[C@H](CCCN=C(N)N)NC(=O)[C@H](CCC(=O)O)NC(=O)[C@H](Cc1ccccc1)NC(=O)[C@@H]1CCCN1C(=O)[C@@H](N)CC(C)C)[C@@H](C)O)C(=O)N[C@@H](CCSC)C(=O)O. The van der Waals surface area contributed by atoms with Gasteiger partial charge in [0.25, 0.3) is 0 Å². The molecule has 1 saturated heterocycles. The number of carboxylic acids is 2. The van der Waals surface area contributed by atoms with Crippen molar-refractivity contribution in [3.05, 3.63) is 35.9 Å². The fourth-order valence-corrected chi connectivity index (χ4v) is 8.54. The van der Waals surface area contributed by atoms with Crippen molar-refractivity contribution in [2.24, 2.45) is 34.0 Å². The highest BCUT2D eigenvalue weighted by molar-refractivity contribution is 7.98. The quantitative estimate of drug-likeness (QED) is 0.0210. The highest BCUT2D eigenvalue weighted by atomic mass is 32.2. The van der Waals surface area contributed by atoms with Gasteiger partial charge in [-0.1, -0.05) is 64.4 Å². The van der Waals surface area contributed by atoms with E-state index in [0.29, 0.717) is 37.0 Å². The van der Waals surface area contributed by atoms with E-state index in [4.69, 9.17) is 17.2 Å². The number of likely N-dealkylation sites (tertiary alicyclic amines) is 1. The Labute approximate surface area is 442 Å². The molecule has 1 aliphatic rings. The third-order valence-electron chi connectivity index (χ3n) is 12.5. The molecule has 11 atom stereocenters. The van der Waals surface area contributed by atoms with Crippen LogP contribution in [-0.4, -0.2) is 171 Å². The average Bonchev–Trinajstić information content (AvgIpc) is 3.85. The van der Waals surface area contributed by atoms with Gasteiger partial charge in [-0.05, 0) is 88.2 Å². The van der Waals surface area contributed by atoms with Gasteiger partial charge in [0.1, 0.15) is 48.3 Å². The van der Waals surface area contributed by atoms with Crippen LogP contribution in [0.4, 0.5) is 0 Å².